The van der Waals surface area contributed by atoms with Crippen molar-refractivity contribution in [3.63, 3.8) is 0 Å². The van der Waals surface area contributed by atoms with Crippen LogP contribution in [0.1, 0.15) is 5.56 Å². The molecule has 19 heavy (non-hydrogen) atoms. The Kier molecular flexibility index (Phi) is 3.87. The van der Waals surface area contributed by atoms with Gasteiger partial charge in [-0.3, -0.25) is 5.84 Å². The van der Waals surface area contributed by atoms with Gasteiger partial charge in [0, 0.05) is 6.07 Å². The second-order valence-corrected chi connectivity index (χ2v) is 4.30. The predicted octanol–water partition coefficient (Wildman–Crippen LogP) is 4.00. The summed E-state index contributed by atoms with van der Waals surface area (Å²) in [4.78, 5) is 0. The second-order valence-electron chi connectivity index (χ2n) is 3.89. The number of hydrogen-bond acceptors (Lipinski definition) is 3. The molecule has 0 saturated heterocycles. The molecule has 0 saturated carbocycles. The van der Waals surface area contributed by atoms with Crippen molar-refractivity contribution in [3.8, 4) is 11.5 Å². The molecule has 2 aromatic rings. The second kappa shape index (κ2) is 5.42. The molecule has 0 aliphatic heterocycles. The van der Waals surface area contributed by atoms with E-state index in [9.17, 15) is 8.78 Å². The van der Waals surface area contributed by atoms with Crippen molar-refractivity contribution >= 4 is 17.3 Å². The van der Waals surface area contributed by atoms with Gasteiger partial charge in [-0.25, -0.2) is 8.78 Å². The molecule has 0 bridgehead atoms. The monoisotopic (exact) mass is 284 g/mol. The fraction of sp³-hybridized carbons (Fsp3) is 0.0769. The first-order chi connectivity index (χ1) is 9.02. The molecule has 6 heteroatoms. The van der Waals surface area contributed by atoms with Gasteiger partial charge in [0.25, 0.3) is 0 Å². The zero-order valence-corrected chi connectivity index (χ0v) is 10.8. The third kappa shape index (κ3) is 2.77. The molecule has 3 N–H and O–H groups in total. The summed E-state index contributed by atoms with van der Waals surface area (Å²) in [5.41, 5.74) is 2.94. The van der Waals surface area contributed by atoms with Crippen LogP contribution in [0, 0.1) is 18.6 Å². The van der Waals surface area contributed by atoms with Gasteiger partial charge in [0.2, 0.25) is 0 Å². The minimum Gasteiger partial charge on any atom is -0.453 e. The highest BCUT2D eigenvalue weighted by atomic mass is 35.5. The third-order valence-corrected chi connectivity index (χ3v) is 2.84. The number of ether oxygens (including phenoxy) is 1. The van der Waals surface area contributed by atoms with Gasteiger partial charge >= 0.3 is 0 Å². The van der Waals surface area contributed by atoms with Crippen molar-refractivity contribution in [1.82, 2.24) is 0 Å². The lowest BCUT2D eigenvalue weighted by Gasteiger charge is -2.12. The van der Waals surface area contributed by atoms with Crippen molar-refractivity contribution in [2.24, 2.45) is 5.84 Å². The summed E-state index contributed by atoms with van der Waals surface area (Å²) in [6.07, 6.45) is 0. The smallest absolute Gasteiger partial charge is 0.181 e. The fourth-order valence-corrected chi connectivity index (χ4v) is 1.85. The standard InChI is InChI=1S/C13H11ClF2N2O/c1-7-5-8(6-11(16)12(7)18-17)19-13-9(14)3-2-4-10(13)15/h2-6,18H,17H2,1H3. The Labute approximate surface area is 113 Å². The van der Waals surface area contributed by atoms with E-state index in [4.69, 9.17) is 22.2 Å². The van der Waals surface area contributed by atoms with Crippen LogP contribution in [-0.4, -0.2) is 0 Å². The zero-order valence-electron chi connectivity index (χ0n) is 10.0. The summed E-state index contributed by atoms with van der Waals surface area (Å²) in [5.74, 6) is 3.98. The van der Waals surface area contributed by atoms with Gasteiger partial charge in [0.1, 0.15) is 5.75 Å². The molecule has 0 amide bonds. The minimum absolute atomic E-state index is 0.110. The van der Waals surface area contributed by atoms with Crippen LogP contribution in [0.5, 0.6) is 11.5 Å². The lowest BCUT2D eigenvalue weighted by Crippen LogP contribution is -2.10. The molecular weight excluding hydrogens is 274 g/mol. The molecule has 0 fully saturated rings. The molecule has 0 spiro atoms. The van der Waals surface area contributed by atoms with E-state index in [1.54, 1.807) is 6.92 Å². The van der Waals surface area contributed by atoms with E-state index >= 15 is 0 Å². The normalized spacial score (nSPS) is 10.4. The number of nitrogens with two attached hydrogens (primary N) is 1. The first kappa shape index (κ1) is 13.6. The molecule has 0 radical (unpaired) electrons. The number of rotatable bonds is 3. The molecule has 2 aromatic carbocycles. The maximum absolute atomic E-state index is 13.7. The lowest BCUT2D eigenvalue weighted by atomic mass is 10.2. The molecular formula is C13H11ClF2N2O. The van der Waals surface area contributed by atoms with E-state index in [1.807, 2.05) is 0 Å². The van der Waals surface area contributed by atoms with Crippen molar-refractivity contribution in [1.29, 1.82) is 0 Å². The Hall–Kier alpha value is -1.85. The average molecular weight is 285 g/mol. The Morgan fingerprint density at radius 2 is 1.95 bits per heavy atom. The van der Waals surface area contributed by atoms with Gasteiger partial charge in [0.05, 0.1) is 10.7 Å². The molecule has 0 unspecified atom stereocenters. The van der Waals surface area contributed by atoms with Crippen molar-refractivity contribution < 1.29 is 13.5 Å². The Balaban J connectivity index is 2.39. The number of para-hydroxylation sites is 1. The van der Waals surface area contributed by atoms with Gasteiger partial charge in [-0.15, -0.1) is 0 Å². The maximum Gasteiger partial charge on any atom is 0.181 e. The van der Waals surface area contributed by atoms with Crippen LogP contribution in [-0.2, 0) is 0 Å². The molecule has 100 valence electrons. The largest absolute Gasteiger partial charge is 0.453 e. The molecule has 0 aliphatic carbocycles. The summed E-state index contributed by atoms with van der Waals surface area (Å²) < 4.78 is 32.5. The first-order valence-electron chi connectivity index (χ1n) is 5.41. The SMILES string of the molecule is Cc1cc(Oc2c(F)cccc2Cl)cc(F)c1NN. The van der Waals surface area contributed by atoms with Crippen LogP contribution in [0.3, 0.4) is 0 Å². The predicted molar refractivity (Wildman–Crippen MR) is 70.4 cm³/mol. The topological polar surface area (TPSA) is 47.3 Å². The third-order valence-electron chi connectivity index (χ3n) is 2.54. The van der Waals surface area contributed by atoms with Crippen molar-refractivity contribution in [2.75, 3.05) is 5.43 Å². The van der Waals surface area contributed by atoms with Gasteiger partial charge in [-0.05, 0) is 30.7 Å². The summed E-state index contributed by atoms with van der Waals surface area (Å²) in [6.45, 7) is 1.65. The maximum atomic E-state index is 13.7. The molecule has 0 atom stereocenters. The Morgan fingerprint density at radius 1 is 1.21 bits per heavy atom. The molecule has 0 aliphatic rings. The Bertz CT molecular complexity index is 576. The summed E-state index contributed by atoms with van der Waals surface area (Å²) in [5, 5.41) is 0.110. The number of benzene rings is 2. The first-order valence-corrected chi connectivity index (χ1v) is 5.79. The summed E-state index contributed by atoms with van der Waals surface area (Å²) in [7, 11) is 0. The highest BCUT2D eigenvalue weighted by molar-refractivity contribution is 6.32. The van der Waals surface area contributed by atoms with E-state index in [1.165, 1.54) is 24.3 Å². The molecule has 0 heterocycles. The van der Waals surface area contributed by atoms with Gasteiger partial charge in [0.15, 0.2) is 17.4 Å². The zero-order chi connectivity index (χ0) is 14.0. The number of anilines is 1. The highest BCUT2D eigenvalue weighted by Gasteiger charge is 2.12. The van der Waals surface area contributed by atoms with Crippen LogP contribution in [0.25, 0.3) is 0 Å². The van der Waals surface area contributed by atoms with E-state index < -0.39 is 11.6 Å². The number of hydrogen-bond donors (Lipinski definition) is 2. The molecule has 3 nitrogen and oxygen atoms in total. The number of aryl methyl sites for hydroxylation is 1. The van der Waals surface area contributed by atoms with Crippen molar-refractivity contribution in [3.05, 3.63) is 52.6 Å². The van der Waals surface area contributed by atoms with Crippen molar-refractivity contribution in [2.45, 2.75) is 6.92 Å². The van der Waals surface area contributed by atoms with Crippen LogP contribution in [0.4, 0.5) is 14.5 Å². The summed E-state index contributed by atoms with van der Waals surface area (Å²) >= 11 is 5.83. The van der Waals surface area contributed by atoms with E-state index in [2.05, 4.69) is 5.43 Å². The molecule has 2 rings (SSSR count). The van der Waals surface area contributed by atoms with Crippen LogP contribution in [0.2, 0.25) is 5.02 Å². The number of halogens is 3. The van der Waals surface area contributed by atoms with Crippen LogP contribution < -0.4 is 16.0 Å². The quantitative estimate of drug-likeness (QED) is 0.661. The summed E-state index contributed by atoms with van der Waals surface area (Å²) in [6, 6.07) is 6.78. The number of hydrazine groups is 1. The van der Waals surface area contributed by atoms with Gasteiger partial charge < -0.3 is 10.2 Å². The number of nitrogens with one attached hydrogen (secondary N) is 1. The number of nitrogen functional groups attached to an aromatic ring is 1. The van der Waals surface area contributed by atoms with Gasteiger partial charge in [-0.2, -0.15) is 0 Å². The fourth-order valence-electron chi connectivity index (χ4n) is 1.65. The highest BCUT2D eigenvalue weighted by Crippen LogP contribution is 2.34. The van der Waals surface area contributed by atoms with E-state index in [0.29, 0.717) is 5.56 Å². The van der Waals surface area contributed by atoms with E-state index in [-0.39, 0.29) is 22.2 Å². The van der Waals surface area contributed by atoms with E-state index in [0.717, 1.165) is 6.07 Å². The van der Waals surface area contributed by atoms with Gasteiger partial charge in [-0.1, -0.05) is 17.7 Å². The van der Waals surface area contributed by atoms with Crippen LogP contribution in [0.15, 0.2) is 30.3 Å². The average Bonchev–Trinajstić information content (AvgIpc) is 2.34. The lowest BCUT2D eigenvalue weighted by molar-refractivity contribution is 0.439. The molecule has 0 aromatic heterocycles. The minimum atomic E-state index is -0.619. The Morgan fingerprint density at radius 3 is 2.53 bits per heavy atom. The van der Waals surface area contributed by atoms with Crippen LogP contribution >= 0.6 is 11.6 Å².